The lowest BCUT2D eigenvalue weighted by atomic mass is 10.0. The van der Waals surface area contributed by atoms with Gasteiger partial charge >= 0.3 is 0 Å². The summed E-state index contributed by atoms with van der Waals surface area (Å²) >= 11 is 0. The number of likely N-dealkylation sites (tertiary alicyclic amines) is 1. The van der Waals surface area contributed by atoms with E-state index in [1.54, 1.807) is 0 Å². The third-order valence-corrected chi connectivity index (χ3v) is 3.44. The number of piperidine rings is 1. The van der Waals surface area contributed by atoms with E-state index in [0.717, 1.165) is 25.8 Å². The minimum absolute atomic E-state index is 0.0442. The van der Waals surface area contributed by atoms with Crippen molar-refractivity contribution < 1.29 is 13.2 Å². The average Bonchev–Trinajstić information content (AvgIpc) is 2.15. The maximum Gasteiger partial charge on any atom is 0.223 e. The minimum atomic E-state index is -3.18. The van der Waals surface area contributed by atoms with Crippen LogP contribution in [-0.2, 0) is 14.8 Å². The first-order chi connectivity index (χ1) is 7.38. The molecule has 0 saturated carbocycles. The highest BCUT2D eigenvalue weighted by Crippen LogP contribution is 2.15. The first-order valence-electron chi connectivity index (χ1n) is 5.61. The monoisotopic (exact) mass is 248 g/mol. The number of nitrogens with zero attached hydrogens (tertiary/aromatic N) is 1. The number of sulfonamides is 1. The molecule has 0 aromatic carbocycles. The standard InChI is InChI=1S/C10H20N2O3S/c1-9-4-3-7-12(8-9)10(13)5-6-11-16(2,14)15/h9,11H,3-8H2,1-2H3/t9-/m1/s1. The lowest BCUT2D eigenvalue weighted by Crippen LogP contribution is -2.40. The summed E-state index contributed by atoms with van der Waals surface area (Å²) in [4.78, 5) is 13.6. The Bertz CT molecular complexity index is 340. The van der Waals surface area contributed by atoms with Crippen molar-refractivity contribution in [1.29, 1.82) is 0 Å². The minimum Gasteiger partial charge on any atom is -0.342 e. The van der Waals surface area contributed by atoms with Crippen LogP contribution in [0.1, 0.15) is 26.2 Å². The van der Waals surface area contributed by atoms with Crippen LogP contribution in [0.5, 0.6) is 0 Å². The van der Waals surface area contributed by atoms with Crippen LogP contribution in [0.3, 0.4) is 0 Å². The van der Waals surface area contributed by atoms with Gasteiger partial charge in [0.25, 0.3) is 0 Å². The first-order valence-corrected chi connectivity index (χ1v) is 7.50. The fourth-order valence-corrected chi connectivity index (χ4v) is 2.39. The summed E-state index contributed by atoms with van der Waals surface area (Å²) in [5, 5.41) is 0. The molecule has 16 heavy (non-hydrogen) atoms. The van der Waals surface area contributed by atoms with E-state index in [4.69, 9.17) is 0 Å². The van der Waals surface area contributed by atoms with E-state index >= 15 is 0 Å². The van der Waals surface area contributed by atoms with Gasteiger partial charge in [0.2, 0.25) is 15.9 Å². The van der Waals surface area contributed by atoms with Crippen LogP contribution in [0.4, 0.5) is 0 Å². The zero-order valence-corrected chi connectivity index (χ0v) is 10.7. The molecule has 6 heteroatoms. The SMILES string of the molecule is C[C@@H]1CCCN(C(=O)CCNS(C)(=O)=O)C1. The molecule has 1 atom stereocenters. The van der Waals surface area contributed by atoms with Crippen LogP contribution < -0.4 is 4.72 Å². The summed E-state index contributed by atoms with van der Waals surface area (Å²) < 4.78 is 23.9. The molecule has 1 aliphatic rings. The van der Waals surface area contributed by atoms with Gasteiger partial charge in [0.1, 0.15) is 0 Å². The molecule has 0 bridgehead atoms. The van der Waals surface area contributed by atoms with Gasteiger partial charge in [-0.3, -0.25) is 4.79 Å². The molecule has 1 rings (SSSR count). The third kappa shape index (κ3) is 4.94. The van der Waals surface area contributed by atoms with Crippen molar-refractivity contribution in [2.24, 2.45) is 5.92 Å². The number of amides is 1. The van der Waals surface area contributed by atoms with E-state index in [1.807, 2.05) is 4.90 Å². The molecular formula is C10H20N2O3S. The number of hydrogen-bond acceptors (Lipinski definition) is 3. The molecule has 0 spiro atoms. The topological polar surface area (TPSA) is 66.5 Å². The third-order valence-electron chi connectivity index (χ3n) is 2.71. The van der Waals surface area contributed by atoms with Crippen molar-refractivity contribution in [2.75, 3.05) is 25.9 Å². The van der Waals surface area contributed by atoms with Crippen LogP contribution in [0.2, 0.25) is 0 Å². The Labute approximate surface area is 97.2 Å². The number of carbonyl (C=O) groups excluding carboxylic acids is 1. The lowest BCUT2D eigenvalue weighted by Gasteiger charge is -2.31. The quantitative estimate of drug-likeness (QED) is 0.772. The molecule has 0 aliphatic carbocycles. The summed E-state index contributed by atoms with van der Waals surface area (Å²) in [6, 6.07) is 0. The van der Waals surface area contributed by atoms with E-state index in [9.17, 15) is 13.2 Å². The Balaban J connectivity index is 2.29. The predicted molar refractivity (Wildman–Crippen MR) is 62.4 cm³/mol. The fraction of sp³-hybridized carbons (Fsp3) is 0.900. The predicted octanol–water partition coefficient (Wildman–Crippen LogP) is 0.184. The van der Waals surface area contributed by atoms with Gasteiger partial charge in [-0.05, 0) is 18.8 Å². The maximum atomic E-state index is 11.7. The molecular weight excluding hydrogens is 228 g/mol. The van der Waals surface area contributed by atoms with Gasteiger partial charge in [-0.2, -0.15) is 0 Å². The Kier molecular flexibility index (Phi) is 4.73. The Hall–Kier alpha value is -0.620. The molecule has 1 aliphatic heterocycles. The number of hydrogen-bond donors (Lipinski definition) is 1. The van der Waals surface area contributed by atoms with E-state index in [-0.39, 0.29) is 18.9 Å². The summed E-state index contributed by atoms with van der Waals surface area (Å²) in [6.07, 6.45) is 3.57. The zero-order valence-electron chi connectivity index (χ0n) is 9.90. The van der Waals surface area contributed by atoms with Crippen LogP contribution in [0.15, 0.2) is 0 Å². The average molecular weight is 248 g/mol. The largest absolute Gasteiger partial charge is 0.342 e. The second-order valence-corrected chi connectivity index (χ2v) is 6.34. The van der Waals surface area contributed by atoms with Crippen LogP contribution >= 0.6 is 0 Å². The van der Waals surface area contributed by atoms with Gasteiger partial charge in [-0.15, -0.1) is 0 Å². The van der Waals surface area contributed by atoms with Gasteiger partial charge in [-0.25, -0.2) is 13.1 Å². The van der Waals surface area contributed by atoms with E-state index in [0.29, 0.717) is 5.92 Å². The summed E-state index contributed by atoms with van der Waals surface area (Å²) in [5.41, 5.74) is 0. The molecule has 1 saturated heterocycles. The normalized spacial score (nSPS) is 22.1. The molecule has 5 nitrogen and oxygen atoms in total. The van der Waals surface area contributed by atoms with Gasteiger partial charge < -0.3 is 4.90 Å². The number of rotatable bonds is 4. The maximum absolute atomic E-state index is 11.7. The highest BCUT2D eigenvalue weighted by molar-refractivity contribution is 7.88. The lowest BCUT2D eigenvalue weighted by molar-refractivity contribution is -0.132. The molecule has 0 radical (unpaired) electrons. The molecule has 0 aromatic rings. The van der Waals surface area contributed by atoms with Crippen molar-refractivity contribution in [3.8, 4) is 0 Å². The molecule has 0 aromatic heterocycles. The van der Waals surface area contributed by atoms with Gasteiger partial charge in [-0.1, -0.05) is 6.92 Å². The van der Waals surface area contributed by atoms with Crippen molar-refractivity contribution in [3.05, 3.63) is 0 Å². The second-order valence-electron chi connectivity index (χ2n) is 4.50. The van der Waals surface area contributed by atoms with Gasteiger partial charge in [0, 0.05) is 26.1 Å². The van der Waals surface area contributed by atoms with Crippen LogP contribution in [0.25, 0.3) is 0 Å². The molecule has 1 heterocycles. The molecule has 0 unspecified atom stereocenters. The summed E-state index contributed by atoms with van der Waals surface area (Å²) in [7, 11) is -3.18. The fourth-order valence-electron chi connectivity index (χ4n) is 1.92. The van der Waals surface area contributed by atoms with Crippen molar-refractivity contribution in [3.63, 3.8) is 0 Å². The smallest absolute Gasteiger partial charge is 0.223 e. The van der Waals surface area contributed by atoms with E-state index < -0.39 is 10.0 Å². The van der Waals surface area contributed by atoms with E-state index in [1.165, 1.54) is 6.42 Å². The second kappa shape index (κ2) is 5.63. The number of carbonyl (C=O) groups is 1. The number of nitrogens with one attached hydrogen (secondary N) is 1. The first kappa shape index (κ1) is 13.4. The van der Waals surface area contributed by atoms with E-state index in [2.05, 4.69) is 11.6 Å². The van der Waals surface area contributed by atoms with Gasteiger partial charge in [0.05, 0.1) is 6.26 Å². The Morgan fingerprint density at radius 1 is 1.50 bits per heavy atom. The molecule has 1 fully saturated rings. The molecule has 1 N–H and O–H groups in total. The Morgan fingerprint density at radius 3 is 2.75 bits per heavy atom. The van der Waals surface area contributed by atoms with Crippen molar-refractivity contribution in [2.45, 2.75) is 26.2 Å². The summed E-state index contributed by atoms with van der Waals surface area (Å²) in [5.74, 6) is 0.600. The van der Waals surface area contributed by atoms with Crippen molar-refractivity contribution in [1.82, 2.24) is 9.62 Å². The Morgan fingerprint density at radius 2 is 2.19 bits per heavy atom. The highest BCUT2D eigenvalue weighted by Gasteiger charge is 2.20. The van der Waals surface area contributed by atoms with Crippen LogP contribution in [-0.4, -0.2) is 45.1 Å². The summed E-state index contributed by atoms with van der Waals surface area (Å²) in [6.45, 7) is 3.94. The van der Waals surface area contributed by atoms with Crippen LogP contribution in [0, 0.1) is 5.92 Å². The van der Waals surface area contributed by atoms with Gasteiger partial charge in [0.15, 0.2) is 0 Å². The zero-order chi connectivity index (χ0) is 12.2. The highest BCUT2D eigenvalue weighted by atomic mass is 32.2. The molecule has 1 amide bonds. The van der Waals surface area contributed by atoms with Crippen molar-refractivity contribution >= 4 is 15.9 Å². The molecule has 94 valence electrons.